The van der Waals surface area contributed by atoms with Crippen LogP contribution in [0.3, 0.4) is 0 Å². The van der Waals surface area contributed by atoms with Gasteiger partial charge in [0.25, 0.3) is 0 Å². The molecule has 0 saturated carbocycles. The van der Waals surface area contributed by atoms with Gasteiger partial charge in [-0.3, -0.25) is 4.90 Å². The monoisotopic (exact) mass is 286 g/mol. The van der Waals surface area contributed by atoms with E-state index in [0.29, 0.717) is 13.1 Å². The third-order valence-electron chi connectivity index (χ3n) is 3.48. The Balaban J connectivity index is 2.19. The van der Waals surface area contributed by atoms with E-state index in [4.69, 9.17) is 5.73 Å². The molecule has 0 radical (unpaired) electrons. The van der Waals surface area contributed by atoms with Crippen molar-refractivity contribution in [3.63, 3.8) is 0 Å². The lowest BCUT2D eigenvalue weighted by Crippen LogP contribution is -2.47. The SMILES string of the molecule is CC(N)C(c1ccc(F)cc1)N1CCS(=O)(=O)CC1. The Morgan fingerprint density at radius 1 is 1.21 bits per heavy atom. The number of nitrogens with zero attached hydrogens (tertiary/aromatic N) is 1. The van der Waals surface area contributed by atoms with E-state index in [-0.39, 0.29) is 29.4 Å². The zero-order chi connectivity index (χ0) is 14.0. The minimum atomic E-state index is -2.91. The van der Waals surface area contributed by atoms with Gasteiger partial charge < -0.3 is 5.73 Å². The molecule has 0 spiro atoms. The van der Waals surface area contributed by atoms with Gasteiger partial charge in [0.1, 0.15) is 5.82 Å². The van der Waals surface area contributed by atoms with Crippen LogP contribution in [0.15, 0.2) is 24.3 Å². The maximum Gasteiger partial charge on any atom is 0.152 e. The van der Waals surface area contributed by atoms with Crippen LogP contribution in [0, 0.1) is 5.82 Å². The van der Waals surface area contributed by atoms with Crippen molar-refractivity contribution in [2.24, 2.45) is 5.73 Å². The summed E-state index contributed by atoms with van der Waals surface area (Å²) in [5.74, 6) is 0.0443. The van der Waals surface area contributed by atoms with E-state index in [0.717, 1.165) is 5.56 Å². The van der Waals surface area contributed by atoms with Gasteiger partial charge in [0.2, 0.25) is 0 Å². The van der Waals surface area contributed by atoms with Crippen LogP contribution in [0.2, 0.25) is 0 Å². The predicted molar refractivity (Wildman–Crippen MR) is 73.0 cm³/mol. The molecule has 1 aliphatic heterocycles. The molecular formula is C13H19FN2O2S. The molecule has 2 N–H and O–H groups in total. The van der Waals surface area contributed by atoms with Gasteiger partial charge in [-0.2, -0.15) is 0 Å². The molecule has 1 saturated heterocycles. The number of rotatable bonds is 3. The van der Waals surface area contributed by atoms with Crippen molar-refractivity contribution in [3.8, 4) is 0 Å². The Bertz CT molecular complexity index is 514. The van der Waals surface area contributed by atoms with Gasteiger partial charge in [-0.15, -0.1) is 0 Å². The standard InChI is InChI=1S/C13H19FN2O2S/c1-10(15)13(11-2-4-12(14)5-3-11)16-6-8-19(17,18)9-7-16/h2-5,10,13H,6-9,15H2,1H3. The summed E-state index contributed by atoms with van der Waals surface area (Å²) in [6, 6.07) is 6.03. The first-order chi connectivity index (χ1) is 8.89. The molecular weight excluding hydrogens is 267 g/mol. The second kappa shape index (κ2) is 5.56. The first-order valence-electron chi connectivity index (χ1n) is 6.34. The van der Waals surface area contributed by atoms with Crippen molar-refractivity contribution in [2.45, 2.75) is 19.0 Å². The van der Waals surface area contributed by atoms with Gasteiger partial charge >= 0.3 is 0 Å². The average Bonchev–Trinajstić information content (AvgIpc) is 2.33. The summed E-state index contributed by atoms with van der Waals surface area (Å²) < 4.78 is 35.9. The predicted octanol–water partition coefficient (Wildman–Crippen LogP) is 0.944. The van der Waals surface area contributed by atoms with E-state index in [2.05, 4.69) is 4.90 Å². The first-order valence-corrected chi connectivity index (χ1v) is 8.17. The minimum absolute atomic E-state index is 0.0731. The smallest absolute Gasteiger partial charge is 0.152 e. The Morgan fingerprint density at radius 2 is 1.74 bits per heavy atom. The molecule has 1 fully saturated rings. The lowest BCUT2D eigenvalue weighted by Gasteiger charge is -2.36. The van der Waals surface area contributed by atoms with Crippen molar-refractivity contribution in [1.82, 2.24) is 4.90 Å². The fraction of sp³-hybridized carbons (Fsp3) is 0.538. The number of nitrogens with two attached hydrogens (primary N) is 1. The number of hydrogen-bond donors (Lipinski definition) is 1. The first kappa shape index (κ1) is 14.4. The van der Waals surface area contributed by atoms with Gasteiger partial charge in [0.05, 0.1) is 11.5 Å². The normalized spacial score (nSPS) is 22.9. The number of halogens is 1. The summed E-state index contributed by atoms with van der Waals surface area (Å²) in [7, 11) is -2.91. The summed E-state index contributed by atoms with van der Waals surface area (Å²) in [5.41, 5.74) is 6.95. The number of hydrogen-bond acceptors (Lipinski definition) is 4. The van der Waals surface area contributed by atoms with Crippen molar-refractivity contribution >= 4 is 9.84 Å². The Morgan fingerprint density at radius 3 is 2.21 bits per heavy atom. The molecule has 19 heavy (non-hydrogen) atoms. The second-order valence-corrected chi connectivity index (χ2v) is 7.35. The topological polar surface area (TPSA) is 63.4 Å². The summed E-state index contributed by atoms with van der Waals surface area (Å²) >= 11 is 0. The fourth-order valence-corrected chi connectivity index (χ4v) is 3.74. The van der Waals surface area contributed by atoms with Gasteiger partial charge in [0, 0.05) is 25.2 Å². The molecule has 2 atom stereocenters. The molecule has 6 heteroatoms. The van der Waals surface area contributed by atoms with Gasteiger partial charge in [-0.25, -0.2) is 12.8 Å². The molecule has 1 aliphatic rings. The van der Waals surface area contributed by atoms with Crippen LogP contribution in [0.1, 0.15) is 18.5 Å². The zero-order valence-corrected chi connectivity index (χ0v) is 11.7. The Hall–Kier alpha value is -0.980. The molecule has 106 valence electrons. The quantitative estimate of drug-likeness (QED) is 0.898. The molecule has 1 heterocycles. The maximum atomic E-state index is 13.0. The number of sulfone groups is 1. The fourth-order valence-electron chi connectivity index (χ4n) is 2.51. The van der Waals surface area contributed by atoms with Crippen molar-refractivity contribution in [3.05, 3.63) is 35.6 Å². The highest BCUT2D eigenvalue weighted by Gasteiger charge is 2.29. The summed E-state index contributed by atoms with van der Waals surface area (Å²) in [6.07, 6.45) is 0. The van der Waals surface area contributed by atoms with Crippen molar-refractivity contribution in [2.75, 3.05) is 24.6 Å². The van der Waals surface area contributed by atoms with Crippen LogP contribution < -0.4 is 5.73 Å². The summed E-state index contributed by atoms with van der Waals surface area (Å²) in [6.45, 7) is 2.84. The van der Waals surface area contributed by atoms with Gasteiger partial charge in [0.15, 0.2) is 9.84 Å². The Labute approximate surface area is 113 Å². The summed E-state index contributed by atoms with van der Waals surface area (Å²) in [4.78, 5) is 2.07. The number of benzene rings is 1. The highest BCUT2D eigenvalue weighted by Crippen LogP contribution is 2.25. The molecule has 0 amide bonds. The minimum Gasteiger partial charge on any atom is -0.326 e. The average molecular weight is 286 g/mol. The molecule has 1 aromatic carbocycles. The van der Waals surface area contributed by atoms with Gasteiger partial charge in [-0.1, -0.05) is 12.1 Å². The lowest BCUT2D eigenvalue weighted by molar-refractivity contribution is 0.191. The lowest BCUT2D eigenvalue weighted by atomic mass is 9.99. The van der Waals surface area contributed by atoms with E-state index in [1.165, 1.54) is 12.1 Å². The van der Waals surface area contributed by atoms with Crippen LogP contribution >= 0.6 is 0 Å². The Kier molecular flexibility index (Phi) is 4.23. The van der Waals surface area contributed by atoms with Crippen LogP contribution in [-0.4, -0.2) is 44.0 Å². The highest BCUT2D eigenvalue weighted by atomic mass is 32.2. The van der Waals surface area contributed by atoms with Crippen LogP contribution in [0.25, 0.3) is 0 Å². The van der Waals surface area contributed by atoms with E-state index in [1.807, 2.05) is 6.92 Å². The molecule has 0 aromatic heterocycles. The highest BCUT2D eigenvalue weighted by molar-refractivity contribution is 7.91. The molecule has 4 nitrogen and oxygen atoms in total. The van der Waals surface area contributed by atoms with E-state index in [9.17, 15) is 12.8 Å². The van der Waals surface area contributed by atoms with Crippen LogP contribution in [0.4, 0.5) is 4.39 Å². The van der Waals surface area contributed by atoms with E-state index < -0.39 is 9.84 Å². The van der Waals surface area contributed by atoms with Crippen LogP contribution in [-0.2, 0) is 9.84 Å². The molecule has 2 unspecified atom stereocenters. The largest absolute Gasteiger partial charge is 0.326 e. The third kappa shape index (κ3) is 3.52. The van der Waals surface area contributed by atoms with Crippen molar-refractivity contribution < 1.29 is 12.8 Å². The molecule has 1 aromatic rings. The summed E-state index contributed by atoms with van der Waals surface area (Å²) in [5, 5.41) is 0. The maximum absolute atomic E-state index is 13.0. The van der Waals surface area contributed by atoms with E-state index >= 15 is 0 Å². The second-order valence-electron chi connectivity index (χ2n) is 5.04. The molecule has 0 aliphatic carbocycles. The zero-order valence-electron chi connectivity index (χ0n) is 10.9. The molecule has 2 rings (SSSR count). The van der Waals surface area contributed by atoms with Gasteiger partial charge in [-0.05, 0) is 24.6 Å². The van der Waals surface area contributed by atoms with Crippen LogP contribution in [0.5, 0.6) is 0 Å². The van der Waals surface area contributed by atoms with E-state index in [1.54, 1.807) is 12.1 Å². The third-order valence-corrected chi connectivity index (χ3v) is 5.09. The molecule has 0 bridgehead atoms. The van der Waals surface area contributed by atoms with Crippen molar-refractivity contribution in [1.29, 1.82) is 0 Å².